The Morgan fingerprint density at radius 1 is 1.14 bits per heavy atom. The average Bonchev–Trinajstić information content (AvgIpc) is 2.44. The van der Waals surface area contributed by atoms with Gasteiger partial charge in [0.2, 0.25) is 0 Å². The van der Waals surface area contributed by atoms with Gasteiger partial charge in [-0.1, -0.05) is 41.5 Å². The summed E-state index contributed by atoms with van der Waals surface area (Å²) in [5.74, 6) is -0.463. The summed E-state index contributed by atoms with van der Waals surface area (Å²) in [5.41, 5.74) is 0.539. The van der Waals surface area contributed by atoms with Gasteiger partial charge in [-0.3, -0.25) is 4.79 Å². The fourth-order valence-electron chi connectivity index (χ4n) is 3.60. The van der Waals surface area contributed by atoms with E-state index in [1.807, 2.05) is 0 Å². The lowest BCUT2D eigenvalue weighted by Crippen LogP contribution is -2.48. The third-order valence-corrected chi connectivity index (χ3v) is 10.9. The van der Waals surface area contributed by atoms with E-state index in [2.05, 4.69) is 47.6 Å². The first-order chi connectivity index (χ1) is 10.1. The summed E-state index contributed by atoms with van der Waals surface area (Å²) < 4.78 is 11.2. The van der Waals surface area contributed by atoms with Gasteiger partial charge in [-0.15, -0.1) is 0 Å². The maximum atomic E-state index is 11.7. The Morgan fingerprint density at radius 2 is 1.59 bits per heavy atom. The topological polar surface area (TPSA) is 59.3 Å². The molecule has 0 aliphatic rings. The summed E-state index contributed by atoms with van der Waals surface area (Å²) >= 11 is 0. The molecule has 0 saturated heterocycles. The zero-order valence-electron chi connectivity index (χ0n) is 15.5. The number of nitrogens with zero attached hydrogens (tertiary/aromatic N) is 1. The lowest BCUT2D eigenvalue weighted by molar-refractivity contribution is -0.148. The summed E-state index contributed by atoms with van der Waals surface area (Å²) in [6, 6.07) is 2.08. The monoisotopic (exact) mass is 327 g/mol. The molecule has 0 N–H and O–H groups in total. The molecule has 0 aromatic heterocycles. The van der Waals surface area contributed by atoms with Crippen LogP contribution in [-0.4, -0.2) is 28.0 Å². The lowest BCUT2D eigenvalue weighted by atomic mass is 9.87. The van der Waals surface area contributed by atoms with Crippen LogP contribution in [0.3, 0.4) is 0 Å². The molecule has 0 spiro atoms. The molecule has 1 unspecified atom stereocenters. The molecule has 0 fully saturated rings. The van der Waals surface area contributed by atoms with Crippen molar-refractivity contribution in [2.24, 2.45) is 5.41 Å². The highest BCUT2D eigenvalue weighted by molar-refractivity contribution is 6.77. The van der Waals surface area contributed by atoms with Gasteiger partial charge in [-0.05, 0) is 36.4 Å². The molecule has 0 aliphatic carbocycles. The Bertz CT molecular complexity index is 379. The highest BCUT2D eigenvalue weighted by Gasteiger charge is 2.45. The molecule has 0 radical (unpaired) electrons. The molecule has 128 valence electrons. The summed E-state index contributed by atoms with van der Waals surface area (Å²) in [7, 11) is -0.547. The molecule has 0 rings (SSSR count). The SMILES string of the molecule is COC(=O)C(C)(C#N)CCCO[Si](C(C)C)(C(C)C)C(C)C. The van der Waals surface area contributed by atoms with E-state index in [0.29, 0.717) is 36.1 Å². The molecule has 0 saturated carbocycles. The van der Waals surface area contributed by atoms with Gasteiger partial charge in [0.1, 0.15) is 0 Å². The largest absolute Gasteiger partial charge is 0.468 e. The van der Waals surface area contributed by atoms with Crippen LogP contribution in [0.5, 0.6) is 0 Å². The maximum absolute atomic E-state index is 11.7. The van der Waals surface area contributed by atoms with Crippen molar-refractivity contribution >= 4 is 14.3 Å². The number of carbonyl (C=O) groups is 1. The van der Waals surface area contributed by atoms with E-state index in [1.165, 1.54) is 7.11 Å². The van der Waals surface area contributed by atoms with Gasteiger partial charge >= 0.3 is 5.97 Å². The first kappa shape index (κ1) is 21.1. The Hall–Kier alpha value is -0.863. The number of hydrogen-bond acceptors (Lipinski definition) is 4. The van der Waals surface area contributed by atoms with Crippen molar-refractivity contribution < 1.29 is 14.0 Å². The second-order valence-corrected chi connectivity index (χ2v) is 12.7. The Morgan fingerprint density at radius 3 is 1.91 bits per heavy atom. The van der Waals surface area contributed by atoms with E-state index in [-0.39, 0.29) is 0 Å². The summed E-state index contributed by atoms with van der Waals surface area (Å²) in [5, 5.41) is 9.23. The van der Waals surface area contributed by atoms with Gasteiger partial charge in [0.15, 0.2) is 13.7 Å². The fraction of sp³-hybridized carbons (Fsp3) is 0.882. The van der Waals surface area contributed by atoms with E-state index in [1.54, 1.807) is 6.92 Å². The molecule has 0 amide bonds. The number of esters is 1. The smallest absolute Gasteiger partial charge is 0.325 e. The van der Waals surface area contributed by atoms with Gasteiger partial charge in [-0.2, -0.15) is 5.26 Å². The number of carbonyl (C=O) groups excluding carboxylic acids is 1. The molecule has 0 bridgehead atoms. The zero-order valence-corrected chi connectivity index (χ0v) is 16.5. The van der Waals surface area contributed by atoms with Crippen LogP contribution < -0.4 is 0 Å². The van der Waals surface area contributed by atoms with Gasteiger partial charge in [-0.25, -0.2) is 0 Å². The normalized spacial score (nSPS) is 15.0. The van der Waals surface area contributed by atoms with Crippen LogP contribution in [0.25, 0.3) is 0 Å². The number of ether oxygens (including phenoxy) is 1. The molecule has 4 nitrogen and oxygen atoms in total. The minimum absolute atomic E-state index is 0.463. The third kappa shape index (κ3) is 4.56. The minimum Gasteiger partial charge on any atom is -0.468 e. The fourth-order valence-corrected chi connectivity index (χ4v) is 9.10. The van der Waals surface area contributed by atoms with Crippen molar-refractivity contribution in [1.29, 1.82) is 5.26 Å². The molecule has 0 aromatic carbocycles. The average molecular weight is 328 g/mol. The summed E-state index contributed by atoms with van der Waals surface area (Å²) in [4.78, 5) is 11.7. The first-order valence-corrected chi connectivity index (χ1v) is 10.4. The van der Waals surface area contributed by atoms with Crippen molar-refractivity contribution in [3.8, 4) is 6.07 Å². The maximum Gasteiger partial charge on any atom is 0.325 e. The number of nitriles is 1. The van der Waals surface area contributed by atoms with Crippen molar-refractivity contribution in [2.75, 3.05) is 13.7 Å². The van der Waals surface area contributed by atoms with E-state index in [0.717, 1.165) is 0 Å². The molecule has 0 heterocycles. The highest BCUT2D eigenvalue weighted by atomic mass is 28.4. The Balaban J connectivity index is 4.79. The van der Waals surface area contributed by atoms with Crippen LogP contribution in [0, 0.1) is 16.7 Å². The van der Waals surface area contributed by atoms with Crippen LogP contribution in [-0.2, 0) is 14.0 Å². The highest BCUT2D eigenvalue weighted by Crippen LogP contribution is 2.42. The standard InChI is InChI=1S/C17H33NO3Si/c1-13(2)22(14(3)4,15(5)6)21-11-9-10-17(7,12-18)16(19)20-8/h13-15H,9-11H2,1-8H3. The van der Waals surface area contributed by atoms with E-state index >= 15 is 0 Å². The van der Waals surface area contributed by atoms with E-state index in [9.17, 15) is 10.1 Å². The summed E-state index contributed by atoms with van der Waals surface area (Å²) in [6.45, 7) is 15.7. The number of methoxy groups -OCH3 is 1. The second kappa shape index (κ2) is 8.69. The molecule has 22 heavy (non-hydrogen) atoms. The number of rotatable bonds is 9. The minimum atomic E-state index is -1.87. The molecule has 1 atom stereocenters. The Kier molecular flexibility index (Phi) is 8.35. The van der Waals surface area contributed by atoms with Crippen LogP contribution in [0.15, 0.2) is 0 Å². The second-order valence-electron chi connectivity index (χ2n) is 7.21. The first-order valence-electron chi connectivity index (χ1n) is 8.22. The Labute approximate surface area is 137 Å². The molecular weight excluding hydrogens is 294 g/mol. The van der Waals surface area contributed by atoms with Crippen LogP contribution in [0.1, 0.15) is 61.3 Å². The number of hydrogen-bond donors (Lipinski definition) is 0. The predicted molar refractivity (Wildman–Crippen MR) is 92.0 cm³/mol. The van der Waals surface area contributed by atoms with Gasteiger partial charge in [0, 0.05) is 6.61 Å². The van der Waals surface area contributed by atoms with Gasteiger partial charge < -0.3 is 9.16 Å². The van der Waals surface area contributed by atoms with Gasteiger partial charge in [0.25, 0.3) is 0 Å². The molecule has 5 heteroatoms. The molecule has 0 aliphatic heterocycles. The van der Waals surface area contributed by atoms with Gasteiger partial charge in [0.05, 0.1) is 13.2 Å². The summed E-state index contributed by atoms with van der Waals surface area (Å²) in [6.07, 6.45) is 1.16. The van der Waals surface area contributed by atoms with Crippen molar-refractivity contribution in [1.82, 2.24) is 0 Å². The van der Waals surface area contributed by atoms with E-state index < -0.39 is 19.7 Å². The van der Waals surface area contributed by atoms with E-state index in [4.69, 9.17) is 9.16 Å². The lowest BCUT2D eigenvalue weighted by Gasteiger charge is -2.42. The van der Waals surface area contributed by atoms with Crippen LogP contribution >= 0.6 is 0 Å². The third-order valence-electron chi connectivity index (χ3n) is 4.76. The van der Waals surface area contributed by atoms with Crippen molar-refractivity contribution in [2.45, 2.75) is 77.9 Å². The quantitative estimate of drug-likeness (QED) is 0.351. The van der Waals surface area contributed by atoms with Crippen LogP contribution in [0.2, 0.25) is 16.6 Å². The van der Waals surface area contributed by atoms with Crippen LogP contribution in [0.4, 0.5) is 0 Å². The van der Waals surface area contributed by atoms with Crippen molar-refractivity contribution in [3.05, 3.63) is 0 Å². The zero-order chi connectivity index (χ0) is 17.6. The molecular formula is C17H33NO3Si. The molecule has 0 aromatic rings. The predicted octanol–water partition coefficient (Wildman–Crippen LogP) is 4.66. The van der Waals surface area contributed by atoms with Crippen molar-refractivity contribution in [3.63, 3.8) is 0 Å².